The van der Waals surface area contributed by atoms with Crippen molar-refractivity contribution in [3.63, 3.8) is 0 Å². The molecule has 0 bridgehead atoms. The molecule has 2 amide bonds. The van der Waals surface area contributed by atoms with Crippen molar-refractivity contribution >= 4 is 40.8 Å². The number of carbonyl (C=O) groups excluding carboxylic acids is 2. The molecule has 1 atom stereocenters. The first kappa shape index (κ1) is 22.1. The van der Waals surface area contributed by atoms with E-state index in [9.17, 15) is 19.5 Å². The number of rotatable bonds is 8. The van der Waals surface area contributed by atoms with Crippen molar-refractivity contribution in [2.24, 2.45) is 10.9 Å². The number of carbonyl (C=O) groups is 3. The topological polar surface area (TPSA) is 140 Å². The number of ether oxygens (including phenoxy) is 1. The van der Waals surface area contributed by atoms with Crippen LogP contribution in [0.25, 0.3) is 0 Å². The van der Waals surface area contributed by atoms with E-state index in [1.807, 2.05) is 0 Å². The molecule has 2 aromatic carbocycles. The lowest BCUT2D eigenvalue weighted by Crippen LogP contribution is -2.45. The van der Waals surface area contributed by atoms with Gasteiger partial charge in [0.1, 0.15) is 5.75 Å². The van der Waals surface area contributed by atoms with E-state index in [0.29, 0.717) is 33.3 Å². The lowest BCUT2D eigenvalue weighted by molar-refractivity contribution is -0.152. The molecule has 0 spiro atoms. The molecule has 0 saturated carbocycles. The second-order valence-electron chi connectivity index (χ2n) is 6.99. The van der Waals surface area contributed by atoms with E-state index in [1.165, 1.54) is 0 Å². The molecule has 0 radical (unpaired) electrons. The van der Waals surface area contributed by atoms with Crippen molar-refractivity contribution in [3.8, 4) is 5.75 Å². The molecular formula is C21H20ClN3O6. The van der Waals surface area contributed by atoms with Gasteiger partial charge in [0.2, 0.25) is 5.60 Å². The van der Waals surface area contributed by atoms with Crippen LogP contribution in [0.2, 0.25) is 5.02 Å². The van der Waals surface area contributed by atoms with Crippen LogP contribution in [0, 0.1) is 6.92 Å². The van der Waals surface area contributed by atoms with Gasteiger partial charge in [0.15, 0.2) is 6.61 Å². The van der Waals surface area contributed by atoms with Gasteiger partial charge in [0.25, 0.3) is 11.8 Å². The summed E-state index contributed by atoms with van der Waals surface area (Å²) in [5.41, 5.74) is 5.19. The van der Waals surface area contributed by atoms with E-state index in [1.54, 1.807) is 49.4 Å². The Morgan fingerprint density at radius 1 is 1.26 bits per heavy atom. The third-order valence-electron chi connectivity index (χ3n) is 4.72. The van der Waals surface area contributed by atoms with Gasteiger partial charge >= 0.3 is 5.97 Å². The molecule has 1 heterocycles. The number of nitrogens with one attached hydrogen (secondary N) is 1. The van der Waals surface area contributed by atoms with Crippen LogP contribution >= 0.6 is 11.6 Å². The van der Waals surface area contributed by atoms with E-state index >= 15 is 0 Å². The number of benzene rings is 2. The number of aliphatic carboxylic acids is 1. The van der Waals surface area contributed by atoms with Crippen LogP contribution in [0.3, 0.4) is 0 Å². The van der Waals surface area contributed by atoms with Crippen molar-refractivity contribution < 1.29 is 29.1 Å². The van der Waals surface area contributed by atoms with Crippen molar-refractivity contribution in [2.75, 3.05) is 11.9 Å². The van der Waals surface area contributed by atoms with Crippen molar-refractivity contribution in [3.05, 3.63) is 58.6 Å². The van der Waals surface area contributed by atoms with Gasteiger partial charge in [-0.05, 0) is 36.8 Å². The third-order valence-corrected chi connectivity index (χ3v) is 5.13. The van der Waals surface area contributed by atoms with E-state index in [-0.39, 0.29) is 13.0 Å². The summed E-state index contributed by atoms with van der Waals surface area (Å²) in [5, 5.41) is 16.5. The zero-order valence-corrected chi connectivity index (χ0v) is 17.3. The molecule has 1 aliphatic rings. The molecule has 0 saturated heterocycles. The SMILES string of the molecule is Cc1c(Cl)cccc1NC(=O)[C@@]1(CC(=O)O)CC(c2ccccc2OCC(N)=O)=NO1. The Labute approximate surface area is 182 Å². The minimum absolute atomic E-state index is 0.123. The molecule has 1 aliphatic heterocycles. The zero-order chi connectivity index (χ0) is 22.6. The first-order chi connectivity index (χ1) is 14.7. The molecule has 0 aromatic heterocycles. The number of halogens is 1. The van der Waals surface area contributed by atoms with E-state index in [2.05, 4.69) is 10.5 Å². The van der Waals surface area contributed by atoms with Gasteiger partial charge in [-0.3, -0.25) is 14.4 Å². The van der Waals surface area contributed by atoms with E-state index < -0.39 is 29.8 Å². The van der Waals surface area contributed by atoms with Crippen LogP contribution in [0.4, 0.5) is 5.69 Å². The summed E-state index contributed by atoms with van der Waals surface area (Å²) in [4.78, 5) is 41.1. The minimum atomic E-state index is -1.77. The first-order valence-corrected chi connectivity index (χ1v) is 9.63. The molecule has 0 aliphatic carbocycles. The van der Waals surface area contributed by atoms with Gasteiger partial charge in [-0.2, -0.15) is 0 Å². The number of nitrogens with zero attached hydrogens (tertiary/aromatic N) is 1. The third kappa shape index (κ3) is 4.95. The molecule has 3 rings (SSSR count). The van der Waals surface area contributed by atoms with Gasteiger partial charge in [-0.15, -0.1) is 0 Å². The molecule has 0 fully saturated rings. The molecule has 162 valence electrons. The Kier molecular flexibility index (Phi) is 6.45. The van der Waals surface area contributed by atoms with Crippen LogP contribution in [0.15, 0.2) is 47.6 Å². The van der Waals surface area contributed by atoms with E-state index in [0.717, 1.165) is 0 Å². The maximum Gasteiger partial charge on any atom is 0.308 e. The fourth-order valence-corrected chi connectivity index (χ4v) is 3.30. The van der Waals surface area contributed by atoms with Crippen LogP contribution < -0.4 is 15.8 Å². The number of amides is 2. The van der Waals surface area contributed by atoms with Crippen molar-refractivity contribution in [2.45, 2.75) is 25.4 Å². The largest absolute Gasteiger partial charge is 0.483 e. The monoisotopic (exact) mass is 445 g/mol. The normalized spacial score (nSPS) is 17.4. The Bertz CT molecular complexity index is 1070. The number of para-hydroxylation sites is 1. The number of primary amides is 1. The summed E-state index contributed by atoms with van der Waals surface area (Å²) < 4.78 is 5.40. The van der Waals surface area contributed by atoms with Gasteiger partial charge in [0, 0.05) is 22.7 Å². The highest BCUT2D eigenvalue weighted by molar-refractivity contribution is 6.31. The maximum absolute atomic E-state index is 13.1. The van der Waals surface area contributed by atoms with Crippen LogP contribution in [0.1, 0.15) is 24.0 Å². The summed E-state index contributed by atoms with van der Waals surface area (Å²) in [6, 6.07) is 11.7. The molecular weight excluding hydrogens is 426 g/mol. The molecule has 2 aromatic rings. The molecule has 31 heavy (non-hydrogen) atoms. The highest BCUT2D eigenvalue weighted by atomic mass is 35.5. The summed E-state index contributed by atoms with van der Waals surface area (Å²) in [6.07, 6.45) is -0.739. The summed E-state index contributed by atoms with van der Waals surface area (Å²) >= 11 is 6.10. The Morgan fingerprint density at radius 2 is 2.00 bits per heavy atom. The first-order valence-electron chi connectivity index (χ1n) is 9.26. The average Bonchev–Trinajstić information content (AvgIpc) is 3.14. The van der Waals surface area contributed by atoms with Gasteiger partial charge in [-0.1, -0.05) is 35.0 Å². The van der Waals surface area contributed by atoms with E-state index in [4.69, 9.17) is 26.9 Å². The summed E-state index contributed by atoms with van der Waals surface area (Å²) in [5.74, 6) is -2.25. The lowest BCUT2D eigenvalue weighted by atomic mass is 9.89. The fraction of sp³-hybridized carbons (Fsp3) is 0.238. The predicted octanol–water partition coefficient (Wildman–Crippen LogP) is 2.49. The average molecular weight is 446 g/mol. The Morgan fingerprint density at radius 3 is 2.71 bits per heavy atom. The van der Waals surface area contributed by atoms with Crippen molar-refractivity contribution in [1.29, 1.82) is 0 Å². The van der Waals surface area contributed by atoms with Crippen LogP contribution in [-0.2, 0) is 19.2 Å². The van der Waals surface area contributed by atoms with Gasteiger partial charge in [-0.25, -0.2) is 0 Å². The molecule has 10 heteroatoms. The number of carboxylic acids is 1. The fourth-order valence-electron chi connectivity index (χ4n) is 3.12. The number of carboxylic acid groups (broad SMARTS) is 1. The number of hydrogen-bond acceptors (Lipinski definition) is 6. The zero-order valence-electron chi connectivity index (χ0n) is 16.6. The van der Waals surface area contributed by atoms with Crippen LogP contribution in [0.5, 0.6) is 5.75 Å². The van der Waals surface area contributed by atoms with Crippen LogP contribution in [-0.4, -0.2) is 40.8 Å². The number of hydrogen-bond donors (Lipinski definition) is 3. The second kappa shape index (κ2) is 9.05. The minimum Gasteiger partial charge on any atom is -0.483 e. The number of anilines is 1. The molecule has 4 N–H and O–H groups in total. The van der Waals surface area contributed by atoms with Gasteiger partial charge in [0.05, 0.1) is 12.1 Å². The van der Waals surface area contributed by atoms with Gasteiger partial charge < -0.3 is 25.7 Å². The number of oxime groups is 1. The highest BCUT2D eigenvalue weighted by Gasteiger charge is 2.49. The Balaban J connectivity index is 1.87. The predicted molar refractivity (Wildman–Crippen MR) is 113 cm³/mol. The quantitative estimate of drug-likeness (QED) is 0.570. The second-order valence-corrected chi connectivity index (χ2v) is 7.40. The number of nitrogens with two attached hydrogens (primary N) is 1. The molecule has 9 nitrogen and oxygen atoms in total. The van der Waals surface area contributed by atoms with Crippen molar-refractivity contribution in [1.82, 2.24) is 0 Å². The highest BCUT2D eigenvalue weighted by Crippen LogP contribution is 2.35. The molecule has 0 unspecified atom stereocenters. The maximum atomic E-state index is 13.1. The summed E-state index contributed by atoms with van der Waals surface area (Å²) in [7, 11) is 0. The summed E-state index contributed by atoms with van der Waals surface area (Å²) in [6.45, 7) is 1.38. The Hall–Kier alpha value is -3.59. The standard InChI is InChI=1S/C21H20ClN3O6/c1-12-14(22)6-4-7-15(12)24-20(29)21(10-19(27)28)9-16(25-31-21)13-5-2-3-8-17(13)30-11-18(23)26/h2-8H,9-11H2,1H3,(H2,23,26)(H,24,29)(H,27,28)/t21-/m0/s1. The smallest absolute Gasteiger partial charge is 0.308 e. The lowest BCUT2D eigenvalue weighted by Gasteiger charge is -2.24.